The van der Waals surface area contributed by atoms with Crippen LogP contribution in [0.2, 0.25) is 0 Å². The molecule has 0 fully saturated rings. The summed E-state index contributed by atoms with van der Waals surface area (Å²) in [5.41, 5.74) is 4.45. The van der Waals surface area contributed by atoms with Crippen molar-refractivity contribution in [1.82, 2.24) is 4.98 Å². The first-order valence-electron chi connectivity index (χ1n) is 11.4. The summed E-state index contributed by atoms with van der Waals surface area (Å²) in [6.45, 7) is 1.24. The Bertz CT molecular complexity index is 1330. The second kappa shape index (κ2) is 10.3. The van der Waals surface area contributed by atoms with Gasteiger partial charge in [0.15, 0.2) is 5.78 Å². The van der Waals surface area contributed by atoms with Crippen LogP contribution >= 0.6 is 0 Å². The lowest BCUT2D eigenvalue weighted by Crippen LogP contribution is -2.15. The SMILES string of the molecule is COc1ccc(COc2cccc(-c3cc(COc4ccc5c(c4)OCCC5=O)ccn3)c2)cc1. The second-order valence-electron chi connectivity index (χ2n) is 8.18. The molecular weight excluding hydrogens is 442 g/mol. The fraction of sp³-hybridized carbons (Fsp3) is 0.172. The second-order valence-corrected chi connectivity index (χ2v) is 8.18. The Balaban J connectivity index is 1.24. The van der Waals surface area contributed by atoms with Crippen molar-refractivity contribution < 1.29 is 23.7 Å². The van der Waals surface area contributed by atoms with Gasteiger partial charge in [0.2, 0.25) is 0 Å². The maximum Gasteiger partial charge on any atom is 0.169 e. The topological polar surface area (TPSA) is 66.9 Å². The van der Waals surface area contributed by atoms with Crippen molar-refractivity contribution in [1.29, 1.82) is 0 Å². The molecule has 0 unspecified atom stereocenters. The van der Waals surface area contributed by atoms with Gasteiger partial charge in [-0.05, 0) is 59.7 Å². The summed E-state index contributed by atoms with van der Waals surface area (Å²) < 4.78 is 22.8. The first-order valence-corrected chi connectivity index (χ1v) is 11.4. The summed E-state index contributed by atoms with van der Waals surface area (Å²) in [6, 6.07) is 25.0. The number of ether oxygens (including phenoxy) is 4. The highest BCUT2D eigenvalue weighted by Crippen LogP contribution is 2.30. The summed E-state index contributed by atoms with van der Waals surface area (Å²) >= 11 is 0. The van der Waals surface area contributed by atoms with Crippen LogP contribution in [0.15, 0.2) is 85.1 Å². The van der Waals surface area contributed by atoms with E-state index >= 15 is 0 Å². The fourth-order valence-corrected chi connectivity index (χ4v) is 3.85. The lowest BCUT2D eigenvalue weighted by Gasteiger charge is -2.17. The first-order chi connectivity index (χ1) is 17.2. The van der Waals surface area contributed by atoms with Crippen LogP contribution in [0.25, 0.3) is 11.3 Å². The number of nitrogens with zero attached hydrogens (tertiary/aromatic N) is 1. The van der Waals surface area contributed by atoms with Crippen LogP contribution in [-0.2, 0) is 13.2 Å². The minimum atomic E-state index is 0.104. The predicted octanol–water partition coefficient (Wildman–Crippen LogP) is 5.88. The number of pyridine rings is 1. The van der Waals surface area contributed by atoms with E-state index in [2.05, 4.69) is 4.98 Å². The third-order valence-corrected chi connectivity index (χ3v) is 5.76. The van der Waals surface area contributed by atoms with Crippen molar-refractivity contribution in [2.75, 3.05) is 13.7 Å². The van der Waals surface area contributed by atoms with E-state index in [0.717, 1.165) is 33.9 Å². The molecule has 0 spiro atoms. The predicted molar refractivity (Wildman–Crippen MR) is 132 cm³/mol. The van der Waals surface area contributed by atoms with Gasteiger partial charge in [0.05, 0.1) is 25.0 Å². The van der Waals surface area contributed by atoms with Gasteiger partial charge < -0.3 is 18.9 Å². The lowest BCUT2D eigenvalue weighted by molar-refractivity contribution is 0.0933. The van der Waals surface area contributed by atoms with Crippen molar-refractivity contribution in [3.05, 3.63) is 102 Å². The molecule has 0 saturated carbocycles. The number of methoxy groups -OCH3 is 1. The highest BCUT2D eigenvalue weighted by Gasteiger charge is 2.18. The van der Waals surface area contributed by atoms with Crippen LogP contribution in [0.1, 0.15) is 27.9 Å². The number of carbonyl (C=O) groups is 1. The fourth-order valence-electron chi connectivity index (χ4n) is 3.85. The van der Waals surface area contributed by atoms with E-state index in [9.17, 15) is 4.79 Å². The quantitative estimate of drug-likeness (QED) is 0.322. The lowest BCUT2D eigenvalue weighted by atomic mass is 10.1. The normalized spacial score (nSPS) is 12.4. The Hall–Kier alpha value is -4.32. The van der Waals surface area contributed by atoms with E-state index in [1.54, 1.807) is 31.5 Å². The number of aromatic nitrogens is 1. The molecule has 176 valence electrons. The molecule has 35 heavy (non-hydrogen) atoms. The summed E-state index contributed by atoms with van der Waals surface area (Å²) in [5, 5.41) is 0. The van der Waals surface area contributed by atoms with Crippen LogP contribution in [0, 0.1) is 0 Å². The van der Waals surface area contributed by atoms with Crippen LogP contribution in [-0.4, -0.2) is 24.5 Å². The van der Waals surface area contributed by atoms with E-state index < -0.39 is 0 Å². The molecule has 0 aliphatic carbocycles. The number of hydrogen-bond acceptors (Lipinski definition) is 6. The van der Waals surface area contributed by atoms with Crippen molar-refractivity contribution in [3.63, 3.8) is 0 Å². The zero-order valence-corrected chi connectivity index (χ0v) is 19.4. The molecule has 3 aromatic carbocycles. The molecule has 0 saturated heterocycles. The zero-order chi connectivity index (χ0) is 24.0. The maximum absolute atomic E-state index is 12.0. The van der Waals surface area contributed by atoms with E-state index in [4.69, 9.17) is 18.9 Å². The number of Topliss-reactive ketones (excluding diaryl/α,β-unsaturated/α-hetero) is 1. The standard InChI is InChI=1S/C29H25NO5/c1-32-23-7-5-20(6-8-23)18-34-24-4-2-3-22(16-24)27-15-21(11-13-30-27)19-35-25-9-10-26-28(31)12-14-33-29(26)17-25/h2-11,13,15-17H,12,14,18-19H2,1H3. The minimum Gasteiger partial charge on any atom is -0.497 e. The molecule has 0 N–H and O–H groups in total. The van der Waals surface area contributed by atoms with Gasteiger partial charge >= 0.3 is 0 Å². The molecule has 0 atom stereocenters. The Morgan fingerprint density at radius 1 is 0.829 bits per heavy atom. The summed E-state index contributed by atoms with van der Waals surface area (Å²) in [7, 11) is 1.65. The third kappa shape index (κ3) is 5.44. The van der Waals surface area contributed by atoms with Crippen molar-refractivity contribution in [2.45, 2.75) is 19.6 Å². The van der Waals surface area contributed by atoms with E-state index in [-0.39, 0.29) is 5.78 Å². The van der Waals surface area contributed by atoms with Crippen molar-refractivity contribution >= 4 is 5.78 Å². The van der Waals surface area contributed by atoms with Crippen molar-refractivity contribution in [2.24, 2.45) is 0 Å². The van der Waals surface area contributed by atoms with Gasteiger partial charge in [0, 0.05) is 24.2 Å². The zero-order valence-electron chi connectivity index (χ0n) is 19.4. The molecule has 1 aliphatic rings. The van der Waals surface area contributed by atoms with Gasteiger partial charge in [-0.15, -0.1) is 0 Å². The third-order valence-electron chi connectivity index (χ3n) is 5.76. The Labute approximate surface area is 204 Å². The number of fused-ring (bicyclic) bond motifs is 1. The van der Waals surface area contributed by atoms with Crippen LogP contribution < -0.4 is 18.9 Å². The Kier molecular flexibility index (Phi) is 6.61. The molecule has 6 nitrogen and oxygen atoms in total. The van der Waals surface area contributed by atoms with Gasteiger partial charge in [-0.25, -0.2) is 0 Å². The average Bonchev–Trinajstić information content (AvgIpc) is 2.91. The molecule has 6 heteroatoms. The van der Waals surface area contributed by atoms with Gasteiger partial charge in [-0.1, -0.05) is 24.3 Å². The van der Waals surface area contributed by atoms with Gasteiger partial charge in [0.25, 0.3) is 0 Å². The largest absolute Gasteiger partial charge is 0.497 e. The maximum atomic E-state index is 12.0. The molecular formula is C29H25NO5. The summed E-state index contributed by atoms with van der Waals surface area (Å²) in [5.74, 6) is 2.93. The summed E-state index contributed by atoms with van der Waals surface area (Å²) in [6.07, 6.45) is 2.19. The molecule has 2 heterocycles. The van der Waals surface area contributed by atoms with Gasteiger partial charge in [0.1, 0.15) is 36.2 Å². The molecule has 1 aromatic heterocycles. The molecule has 0 radical (unpaired) electrons. The highest BCUT2D eigenvalue weighted by atomic mass is 16.5. The number of ketones is 1. The Morgan fingerprint density at radius 2 is 1.60 bits per heavy atom. The van der Waals surface area contributed by atoms with Crippen molar-refractivity contribution in [3.8, 4) is 34.3 Å². The monoisotopic (exact) mass is 467 g/mol. The summed E-state index contributed by atoms with van der Waals surface area (Å²) in [4.78, 5) is 16.5. The van der Waals surface area contributed by atoms with Crippen LogP contribution in [0.3, 0.4) is 0 Å². The first kappa shape index (κ1) is 22.5. The smallest absolute Gasteiger partial charge is 0.169 e. The van der Waals surface area contributed by atoms with Gasteiger partial charge in [-0.2, -0.15) is 0 Å². The number of hydrogen-bond donors (Lipinski definition) is 0. The van der Waals surface area contributed by atoms with E-state index in [1.165, 1.54) is 0 Å². The molecule has 0 bridgehead atoms. The molecule has 1 aliphatic heterocycles. The molecule has 4 aromatic rings. The number of carbonyl (C=O) groups excluding carboxylic acids is 1. The van der Waals surface area contributed by atoms with Crippen LogP contribution in [0.5, 0.6) is 23.0 Å². The molecule has 5 rings (SSSR count). The number of benzene rings is 3. The van der Waals surface area contributed by atoms with Gasteiger partial charge in [-0.3, -0.25) is 9.78 Å². The minimum absolute atomic E-state index is 0.104. The average molecular weight is 468 g/mol. The number of rotatable bonds is 8. The van der Waals surface area contributed by atoms with E-state index in [1.807, 2.05) is 60.7 Å². The molecule has 0 amide bonds. The highest BCUT2D eigenvalue weighted by molar-refractivity contribution is 5.99. The van der Waals surface area contributed by atoms with E-state index in [0.29, 0.717) is 43.3 Å². The van der Waals surface area contributed by atoms with Crippen LogP contribution in [0.4, 0.5) is 0 Å². The Morgan fingerprint density at radius 3 is 2.43 bits per heavy atom.